The lowest BCUT2D eigenvalue weighted by Crippen LogP contribution is -2.64. The van der Waals surface area contributed by atoms with E-state index in [2.05, 4.69) is 96.5 Å². The van der Waals surface area contributed by atoms with Crippen LogP contribution in [-0.4, -0.2) is 69.4 Å². The molecule has 2 fully saturated rings. The van der Waals surface area contributed by atoms with Gasteiger partial charge < -0.3 is 36.9 Å². The SMILES string of the molecule is Cc1cc(N)nc(C)c1CNc1nccc2c1CNN2Cc1ccc(CC(c2ccc(Cn3cc4c(NCc5c(C)cc(N)nc5C)ncnc4n3)cc2)(N2CCCCC2=O)N2CCCCC2=O)cc1. The summed E-state index contributed by atoms with van der Waals surface area (Å²) < 4.78 is 1.88. The highest BCUT2D eigenvalue weighted by molar-refractivity contribution is 5.86. The van der Waals surface area contributed by atoms with Crippen molar-refractivity contribution in [3.05, 3.63) is 147 Å². The minimum absolute atomic E-state index is 0.0783. The second-order valence-electron chi connectivity index (χ2n) is 18.9. The number of pyridine rings is 3. The van der Waals surface area contributed by atoms with Crippen LogP contribution in [0.2, 0.25) is 0 Å². The third-order valence-electron chi connectivity index (χ3n) is 14.3. The zero-order valence-corrected chi connectivity index (χ0v) is 40.4. The van der Waals surface area contributed by atoms with Crippen LogP contribution < -0.4 is 32.5 Å². The lowest BCUT2D eigenvalue weighted by Gasteiger charge is -2.53. The standard InChI is InChI=1S/C53H61N15O2/c1-33-23-46(54)62-35(3)41(33)26-57-50-43-28-61-68(45(43)19-20-56-50)30-39-13-11-37(12-14-39)25-53(66-21-7-5-9-48(66)69,67-22-8-6-10-49(67)70)40-17-15-38(16-18-40)29-65-31-44-51(59-32-60-52(44)64-65)58-27-42-34(2)24-47(55)63-36(42)4/h11-20,23-24,31-32,61H,5-10,21-22,25-30H2,1-4H3,(H2,54,62)(H2,55,63)(H,56,57)(H,58,59,60,64). The molecule has 0 atom stereocenters. The molecule has 0 aliphatic carbocycles. The molecule has 2 saturated heterocycles. The van der Waals surface area contributed by atoms with Crippen molar-refractivity contribution in [1.29, 1.82) is 0 Å². The Morgan fingerprint density at radius 3 is 1.89 bits per heavy atom. The highest BCUT2D eigenvalue weighted by Gasteiger charge is 2.49. The molecule has 0 radical (unpaired) electrons. The Morgan fingerprint density at radius 2 is 1.27 bits per heavy atom. The number of piperidine rings is 2. The Kier molecular flexibility index (Phi) is 12.8. The van der Waals surface area contributed by atoms with Crippen molar-refractivity contribution in [2.24, 2.45) is 0 Å². The number of anilines is 5. The summed E-state index contributed by atoms with van der Waals surface area (Å²) in [5.41, 5.74) is 27.5. The van der Waals surface area contributed by atoms with Gasteiger partial charge in [-0.05, 0) is 116 Å². The highest BCUT2D eigenvalue weighted by atomic mass is 16.2. The van der Waals surface area contributed by atoms with Crippen molar-refractivity contribution in [2.75, 3.05) is 40.2 Å². The van der Waals surface area contributed by atoms with Gasteiger partial charge in [-0.2, -0.15) is 5.10 Å². The number of hydrogen-bond donors (Lipinski definition) is 5. The predicted octanol–water partition coefficient (Wildman–Crippen LogP) is 7.13. The van der Waals surface area contributed by atoms with E-state index in [0.717, 1.165) is 104 Å². The number of nitrogen functional groups attached to an aromatic ring is 2. The molecule has 3 aliphatic heterocycles. The van der Waals surface area contributed by atoms with Gasteiger partial charge in [-0.15, -0.1) is 0 Å². The van der Waals surface area contributed by atoms with Gasteiger partial charge in [0.25, 0.3) is 0 Å². The number of nitrogens with one attached hydrogen (secondary N) is 3. The number of fused-ring (bicyclic) bond motifs is 2. The molecule has 17 heteroatoms. The fourth-order valence-corrected chi connectivity index (χ4v) is 10.7. The summed E-state index contributed by atoms with van der Waals surface area (Å²) in [5.74, 6) is 2.71. The number of carbonyl (C=O) groups is 2. The first kappa shape index (κ1) is 46.1. The Morgan fingerprint density at radius 1 is 0.686 bits per heavy atom. The van der Waals surface area contributed by atoms with E-state index in [1.54, 1.807) is 0 Å². The van der Waals surface area contributed by atoms with Crippen molar-refractivity contribution in [3.63, 3.8) is 0 Å². The van der Waals surface area contributed by atoms with E-state index >= 15 is 0 Å². The number of rotatable bonds is 15. The van der Waals surface area contributed by atoms with Crippen molar-refractivity contribution < 1.29 is 9.59 Å². The van der Waals surface area contributed by atoms with E-state index in [-0.39, 0.29) is 11.8 Å². The molecular formula is C53H61N15O2. The molecule has 360 valence electrons. The minimum atomic E-state index is -1.01. The number of aryl methyl sites for hydroxylation is 4. The van der Waals surface area contributed by atoms with Crippen molar-refractivity contribution in [3.8, 4) is 0 Å². The summed E-state index contributed by atoms with van der Waals surface area (Å²) >= 11 is 0. The van der Waals surface area contributed by atoms with Gasteiger partial charge >= 0.3 is 0 Å². The lowest BCUT2D eigenvalue weighted by molar-refractivity contribution is -0.166. The molecule has 7 N–H and O–H groups in total. The molecule has 7 aromatic rings. The van der Waals surface area contributed by atoms with Gasteiger partial charge in [0.15, 0.2) is 5.65 Å². The Labute approximate surface area is 408 Å². The van der Waals surface area contributed by atoms with Crippen LogP contribution in [0, 0.1) is 27.7 Å². The van der Waals surface area contributed by atoms with Gasteiger partial charge in [-0.25, -0.2) is 30.3 Å². The van der Waals surface area contributed by atoms with E-state index in [4.69, 9.17) is 21.5 Å². The maximum absolute atomic E-state index is 14.2. The molecule has 0 saturated carbocycles. The van der Waals surface area contributed by atoms with Crippen LogP contribution in [0.15, 0.2) is 85.5 Å². The molecule has 0 spiro atoms. The van der Waals surface area contributed by atoms with Gasteiger partial charge in [0, 0.05) is 81.3 Å². The van der Waals surface area contributed by atoms with Gasteiger partial charge in [-0.1, -0.05) is 48.5 Å². The number of nitrogens with two attached hydrogens (primary N) is 2. The molecule has 0 unspecified atom stereocenters. The number of hydrogen-bond acceptors (Lipinski definition) is 14. The molecule has 5 aromatic heterocycles. The molecule has 2 amide bonds. The number of amides is 2. The number of aromatic nitrogens is 7. The summed E-state index contributed by atoms with van der Waals surface area (Å²) in [5, 5.41) is 14.8. The van der Waals surface area contributed by atoms with Crippen LogP contribution in [0.4, 0.5) is 29.0 Å². The smallest absolute Gasteiger partial charge is 0.224 e. The molecule has 70 heavy (non-hydrogen) atoms. The first-order valence-electron chi connectivity index (χ1n) is 24.3. The van der Waals surface area contributed by atoms with E-state index < -0.39 is 5.66 Å². The fourth-order valence-electron chi connectivity index (χ4n) is 10.7. The highest BCUT2D eigenvalue weighted by Crippen LogP contribution is 2.41. The summed E-state index contributed by atoms with van der Waals surface area (Å²) in [4.78, 5) is 55.1. The number of carbonyl (C=O) groups excluding carboxylic acids is 2. The zero-order chi connectivity index (χ0) is 48.5. The van der Waals surface area contributed by atoms with Crippen LogP contribution in [0.3, 0.4) is 0 Å². The quantitative estimate of drug-likeness (QED) is 0.0692. The maximum Gasteiger partial charge on any atom is 0.224 e. The summed E-state index contributed by atoms with van der Waals surface area (Å²) in [6.07, 6.45) is 10.1. The van der Waals surface area contributed by atoms with Crippen LogP contribution in [-0.2, 0) is 54.4 Å². The third-order valence-corrected chi connectivity index (χ3v) is 14.3. The van der Waals surface area contributed by atoms with E-state index in [0.29, 0.717) is 88.2 Å². The number of nitrogens with zero attached hydrogens (tertiary/aromatic N) is 10. The lowest BCUT2D eigenvalue weighted by atomic mass is 9.84. The second-order valence-corrected chi connectivity index (χ2v) is 18.9. The van der Waals surface area contributed by atoms with Crippen LogP contribution in [0.5, 0.6) is 0 Å². The molecular weight excluding hydrogens is 879 g/mol. The topological polar surface area (TPSA) is 214 Å². The normalized spacial score (nSPS) is 15.2. The molecule has 10 rings (SSSR count). The van der Waals surface area contributed by atoms with Crippen molar-refractivity contribution >= 4 is 51.8 Å². The predicted molar refractivity (Wildman–Crippen MR) is 272 cm³/mol. The molecule has 17 nitrogen and oxygen atoms in total. The van der Waals surface area contributed by atoms with Crippen LogP contribution in [0.1, 0.15) is 100.0 Å². The van der Waals surface area contributed by atoms with E-state index in [1.807, 2.05) is 65.8 Å². The van der Waals surface area contributed by atoms with Gasteiger partial charge in [0.2, 0.25) is 11.8 Å². The number of hydrazine groups is 1. The average Bonchev–Trinajstić information content (AvgIpc) is 3.96. The third kappa shape index (κ3) is 9.16. The number of likely N-dealkylation sites (tertiary alicyclic amines) is 2. The Balaban J connectivity index is 0.896. The maximum atomic E-state index is 14.2. The summed E-state index contributed by atoms with van der Waals surface area (Å²) in [7, 11) is 0. The van der Waals surface area contributed by atoms with Crippen molar-refractivity contribution in [1.82, 2.24) is 49.9 Å². The van der Waals surface area contributed by atoms with Gasteiger partial charge in [0.1, 0.15) is 35.3 Å². The van der Waals surface area contributed by atoms with Crippen molar-refractivity contribution in [2.45, 2.75) is 111 Å². The molecule has 3 aliphatic rings. The van der Waals surface area contributed by atoms with Crippen LogP contribution in [0.25, 0.3) is 11.0 Å². The average molecular weight is 940 g/mol. The zero-order valence-electron chi connectivity index (χ0n) is 40.4. The summed E-state index contributed by atoms with van der Waals surface area (Å²) in [6, 6.07) is 22.9. The first-order valence-corrected chi connectivity index (χ1v) is 24.3. The first-order chi connectivity index (χ1) is 33.9. The molecule has 8 heterocycles. The largest absolute Gasteiger partial charge is 0.384 e. The molecule has 0 bridgehead atoms. The Bertz CT molecular complexity index is 3000. The van der Waals surface area contributed by atoms with E-state index in [9.17, 15) is 9.59 Å². The van der Waals surface area contributed by atoms with Gasteiger partial charge in [-0.3, -0.25) is 14.3 Å². The summed E-state index contributed by atoms with van der Waals surface area (Å²) in [6.45, 7) is 12.1. The minimum Gasteiger partial charge on any atom is -0.384 e. The van der Waals surface area contributed by atoms with Crippen LogP contribution >= 0.6 is 0 Å². The fraction of sp³-hybridized carbons (Fsp3) is 0.358. The second kappa shape index (κ2) is 19.4. The van der Waals surface area contributed by atoms with E-state index in [1.165, 1.54) is 6.33 Å². The molecule has 2 aromatic carbocycles. The number of benzene rings is 2. The Hall–Kier alpha value is -7.66. The monoisotopic (exact) mass is 940 g/mol. The van der Waals surface area contributed by atoms with Gasteiger partial charge in [0.05, 0.1) is 24.2 Å².